The van der Waals surface area contributed by atoms with E-state index in [9.17, 15) is 14.3 Å². The van der Waals surface area contributed by atoms with Crippen molar-refractivity contribution in [2.24, 2.45) is 0 Å². The number of alkyl halides is 2. The summed E-state index contributed by atoms with van der Waals surface area (Å²) in [5, 5.41) is 9.26. The maximum Gasteiger partial charge on any atom is 0.193 e. The van der Waals surface area contributed by atoms with Crippen molar-refractivity contribution in [3.05, 3.63) is 59.2 Å². The minimum Gasteiger partial charge on any atom is -0.392 e. The van der Waals surface area contributed by atoms with Crippen LogP contribution in [0.1, 0.15) is 16.8 Å². The maximum atomic E-state index is 13.7. The first-order valence-corrected chi connectivity index (χ1v) is 6.32. The highest BCUT2D eigenvalue weighted by Crippen LogP contribution is 2.36. The second kappa shape index (κ2) is 5.16. The smallest absolute Gasteiger partial charge is 0.193 e. The molecule has 0 bridgehead atoms. The summed E-state index contributed by atoms with van der Waals surface area (Å²) in [4.78, 5) is 12.2. The standard InChI is InChI=1S/C14H12BrFO2/c15-14(16)7-6-12(11(8-14)9-17)13(18)10-4-2-1-3-5-10/h1-7,17H,8-9H2. The molecule has 0 aliphatic heterocycles. The number of Topliss-reactive ketones (excluding diaryl/α,β-unsaturated/α-hetero) is 1. The van der Waals surface area contributed by atoms with Gasteiger partial charge in [0.05, 0.1) is 6.61 Å². The van der Waals surface area contributed by atoms with Gasteiger partial charge in [0.2, 0.25) is 0 Å². The predicted octanol–water partition coefficient (Wildman–Crippen LogP) is 3.18. The highest BCUT2D eigenvalue weighted by Gasteiger charge is 2.30. The molecule has 94 valence electrons. The average molecular weight is 311 g/mol. The third kappa shape index (κ3) is 2.76. The van der Waals surface area contributed by atoms with E-state index in [1.165, 1.54) is 12.2 Å². The number of rotatable bonds is 3. The normalized spacial score (nSPS) is 23.3. The number of hydrogen-bond acceptors (Lipinski definition) is 2. The second-order valence-corrected chi connectivity index (χ2v) is 5.46. The zero-order valence-corrected chi connectivity index (χ0v) is 11.2. The molecular weight excluding hydrogens is 299 g/mol. The summed E-state index contributed by atoms with van der Waals surface area (Å²) >= 11 is 2.90. The van der Waals surface area contributed by atoms with Gasteiger partial charge in [0.15, 0.2) is 10.4 Å². The van der Waals surface area contributed by atoms with Crippen LogP contribution in [0.25, 0.3) is 0 Å². The number of carbonyl (C=O) groups excluding carboxylic acids is 1. The third-order valence-corrected chi connectivity index (χ3v) is 3.34. The van der Waals surface area contributed by atoms with Gasteiger partial charge in [-0.3, -0.25) is 4.79 Å². The van der Waals surface area contributed by atoms with Crippen molar-refractivity contribution in [1.29, 1.82) is 0 Å². The number of halogens is 2. The van der Waals surface area contributed by atoms with Gasteiger partial charge < -0.3 is 5.11 Å². The molecular formula is C14H12BrFO2. The molecule has 0 saturated heterocycles. The van der Waals surface area contributed by atoms with Crippen LogP contribution in [0.15, 0.2) is 53.6 Å². The van der Waals surface area contributed by atoms with Crippen LogP contribution in [0.3, 0.4) is 0 Å². The molecule has 0 amide bonds. The number of hydrogen-bond donors (Lipinski definition) is 1. The fraction of sp³-hybridized carbons (Fsp3) is 0.214. The van der Waals surface area contributed by atoms with E-state index < -0.39 is 4.58 Å². The number of ketones is 1. The number of aliphatic hydroxyl groups excluding tert-OH is 1. The summed E-state index contributed by atoms with van der Waals surface area (Å²) in [5.74, 6) is -0.195. The lowest BCUT2D eigenvalue weighted by Gasteiger charge is -2.22. The van der Waals surface area contributed by atoms with Crippen molar-refractivity contribution >= 4 is 21.7 Å². The van der Waals surface area contributed by atoms with Crippen molar-refractivity contribution < 1.29 is 14.3 Å². The molecule has 0 fully saturated rings. The van der Waals surface area contributed by atoms with E-state index in [1.54, 1.807) is 24.3 Å². The van der Waals surface area contributed by atoms with Crippen LogP contribution < -0.4 is 0 Å². The maximum absolute atomic E-state index is 13.7. The van der Waals surface area contributed by atoms with Crippen LogP contribution in [0.4, 0.5) is 4.39 Å². The Hall–Kier alpha value is -1.26. The van der Waals surface area contributed by atoms with Crippen molar-refractivity contribution in [2.45, 2.75) is 11.0 Å². The van der Waals surface area contributed by atoms with E-state index in [0.717, 1.165) is 0 Å². The molecule has 2 rings (SSSR count). The SMILES string of the molecule is O=C(C1=C(CO)CC(F)(Br)C=C1)c1ccccc1. The highest BCUT2D eigenvalue weighted by molar-refractivity contribution is 9.10. The topological polar surface area (TPSA) is 37.3 Å². The molecule has 1 N–H and O–H groups in total. The quantitative estimate of drug-likeness (QED) is 0.688. The predicted molar refractivity (Wildman–Crippen MR) is 71.4 cm³/mol. The van der Waals surface area contributed by atoms with Gasteiger partial charge in [-0.2, -0.15) is 0 Å². The Kier molecular flexibility index (Phi) is 3.78. The van der Waals surface area contributed by atoms with Crippen LogP contribution >= 0.6 is 15.9 Å². The summed E-state index contributed by atoms with van der Waals surface area (Å²) in [6.07, 6.45) is 2.70. The van der Waals surface area contributed by atoms with Crippen molar-refractivity contribution in [1.82, 2.24) is 0 Å². The zero-order chi connectivity index (χ0) is 13.2. The molecule has 0 radical (unpaired) electrons. The summed E-state index contributed by atoms with van der Waals surface area (Å²) < 4.78 is 12.0. The monoisotopic (exact) mass is 310 g/mol. The summed E-state index contributed by atoms with van der Waals surface area (Å²) in [5.41, 5.74) is 1.31. The second-order valence-electron chi connectivity index (χ2n) is 4.14. The van der Waals surface area contributed by atoms with Gasteiger partial charge in [-0.15, -0.1) is 0 Å². The minimum absolute atomic E-state index is 0.0199. The van der Waals surface area contributed by atoms with Crippen molar-refractivity contribution in [3.8, 4) is 0 Å². The molecule has 1 aromatic rings. The van der Waals surface area contributed by atoms with Gasteiger partial charge in [0.1, 0.15) is 0 Å². The Morgan fingerprint density at radius 1 is 1.39 bits per heavy atom. The van der Waals surface area contributed by atoms with E-state index in [-0.39, 0.29) is 18.8 Å². The Morgan fingerprint density at radius 2 is 2.06 bits per heavy atom. The van der Waals surface area contributed by atoms with E-state index in [1.807, 2.05) is 6.07 Å². The molecule has 4 heteroatoms. The molecule has 0 spiro atoms. The summed E-state index contributed by atoms with van der Waals surface area (Å²) in [7, 11) is 0. The van der Waals surface area contributed by atoms with Gasteiger partial charge in [-0.05, 0) is 27.6 Å². The number of benzene rings is 1. The fourth-order valence-electron chi connectivity index (χ4n) is 1.88. The summed E-state index contributed by atoms with van der Waals surface area (Å²) in [6.45, 7) is -0.324. The lowest BCUT2D eigenvalue weighted by atomic mass is 9.91. The van der Waals surface area contributed by atoms with Crippen molar-refractivity contribution in [2.75, 3.05) is 6.61 Å². The third-order valence-electron chi connectivity index (χ3n) is 2.80. The van der Waals surface area contributed by atoms with E-state index in [4.69, 9.17) is 0 Å². The molecule has 0 heterocycles. The van der Waals surface area contributed by atoms with E-state index >= 15 is 0 Å². The van der Waals surface area contributed by atoms with Crippen LogP contribution in [0.2, 0.25) is 0 Å². The minimum atomic E-state index is -1.68. The largest absolute Gasteiger partial charge is 0.392 e. The molecule has 18 heavy (non-hydrogen) atoms. The Balaban J connectivity index is 2.36. The Morgan fingerprint density at radius 3 is 2.67 bits per heavy atom. The molecule has 1 aliphatic rings. The first kappa shape index (κ1) is 13.2. The van der Waals surface area contributed by atoms with Crippen molar-refractivity contribution in [3.63, 3.8) is 0 Å². The first-order chi connectivity index (χ1) is 8.53. The first-order valence-electron chi connectivity index (χ1n) is 5.53. The molecule has 1 aliphatic carbocycles. The molecule has 0 saturated carbocycles. The molecule has 1 aromatic carbocycles. The number of allylic oxidation sites excluding steroid dienone is 3. The average Bonchev–Trinajstić information content (AvgIpc) is 2.38. The summed E-state index contributed by atoms with van der Waals surface area (Å²) in [6, 6.07) is 8.75. The van der Waals surface area contributed by atoms with E-state index in [2.05, 4.69) is 15.9 Å². The van der Waals surface area contributed by atoms with Crippen LogP contribution in [0.5, 0.6) is 0 Å². The van der Waals surface area contributed by atoms with Gasteiger partial charge >= 0.3 is 0 Å². The van der Waals surface area contributed by atoms with Gasteiger partial charge in [0, 0.05) is 17.6 Å². The number of carbonyl (C=O) groups is 1. The van der Waals surface area contributed by atoms with Gasteiger partial charge in [0.25, 0.3) is 0 Å². The fourth-order valence-corrected chi connectivity index (χ4v) is 2.35. The molecule has 1 unspecified atom stereocenters. The zero-order valence-electron chi connectivity index (χ0n) is 9.57. The Labute approximate surface area is 113 Å². The van der Waals surface area contributed by atoms with E-state index in [0.29, 0.717) is 16.7 Å². The molecule has 1 atom stereocenters. The van der Waals surface area contributed by atoms with Crippen LogP contribution in [0, 0.1) is 0 Å². The van der Waals surface area contributed by atoms with Gasteiger partial charge in [-0.1, -0.05) is 36.4 Å². The number of aliphatic hydroxyl groups is 1. The van der Waals surface area contributed by atoms with Crippen LogP contribution in [-0.4, -0.2) is 22.1 Å². The molecule has 0 aromatic heterocycles. The molecule has 2 nitrogen and oxygen atoms in total. The van der Waals surface area contributed by atoms with Crippen LogP contribution in [-0.2, 0) is 0 Å². The lowest BCUT2D eigenvalue weighted by Crippen LogP contribution is -2.20. The Bertz CT molecular complexity index is 518. The lowest BCUT2D eigenvalue weighted by molar-refractivity contribution is 0.103. The van der Waals surface area contributed by atoms with Gasteiger partial charge in [-0.25, -0.2) is 4.39 Å². The highest BCUT2D eigenvalue weighted by atomic mass is 79.9.